The van der Waals surface area contributed by atoms with Crippen molar-refractivity contribution in [2.45, 2.75) is 6.55 Å². The second kappa shape index (κ2) is 1.79. The van der Waals surface area contributed by atoms with Crippen molar-refractivity contribution in [2.75, 3.05) is 19.8 Å². The van der Waals surface area contributed by atoms with Gasteiger partial charge in [-0.1, -0.05) is 0 Å². The second-order valence-electron chi connectivity index (χ2n) is 2.66. The predicted molar refractivity (Wildman–Crippen MR) is 33.0 cm³/mol. The molecule has 0 atom stereocenters. The Bertz CT molecular complexity index is 106. The van der Waals surface area contributed by atoms with Crippen LogP contribution >= 0.6 is 0 Å². The fourth-order valence-corrected chi connectivity index (χ4v) is 2.94. The highest BCUT2D eigenvalue weighted by atomic mass is 28.4. The molecule has 0 N–H and O–H groups in total. The Hall–Kier alpha value is 0.0969. The van der Waals surface area contributed by atoms with Crippen molar-refractivity contribution in [2.24, 2.45) is 5.92 Å². The van der Waals surface area contributed by atoms with Crippen LogP contribution in [0.2, 0.25) is 6.55 Å². The number of hydrogen-bond donors (Lipinski definition) is 0. The molecule has 0 aliphatic carbocycles. The van der Waals surface area contributed by atoms with Crippen molar-refractivity contribution in [3.8, 4) is 0 Å². The fourth-order valence-electron chi connectivity index (χ4n) is 1.08. The quantitative estimate of drug-likeness (QED) is 0.458. The first-order chi connectivity index (χ1) is 4.29. The van der Waals surface area contributed by atoms with Gasteiger partial charge in [-0.05, 0) is 0 Å². The first-order valence-corrected chi connectivity index (χ1v) is 5.43. The van der Waals surface area contributed by atoms with Gasteiger partial charge in [0, 0.05) is 32.3 Å². The Kier molecular flexibility index (Phi) is 1.16. The van der Waals surface area contributed by atoms with Gasteiger partial charge in [-0.3, -0.25) is 0 Å². The summed E-state index contributed by atoms with van der Waals surface area (Å²) in [5.41, 5.74) is 0. The first kappa shape index (κ1) is 5.85. The van der Waals surface area contributed by atoms with Crippen LogP contribution in [-0.4, -0.2) is 28.6 Å². The molecular formula is C5H10O3Si. The topological polar surface area (TPSA) is 27.7 Å². The molecule has 3 aliphatic heterocycles. The molecule has 0 aromatic carbocycles. The molecule has 0 unspecified atom stereocenters. The zero-order valence-electron chi connectivity index (χ0n) is 5.42. The van der Waals surface area contributed by atoms with Gasteiger partial charge in [-0.2, -0.15) is 0 Å². The summed E-state index contributed by atoms with van der Waals surface area (Å²) in [5.74, 6) is 0.499. The van der Waals surface area contributed by atoms with E-state index in [2.05, 4.69) is 0 Å². The van der Waals surface area contributed by atoms with E-state index < -0.39 is 8.80 Å². The fraction of sp³-hybridized carbons (Fsp3) is 1.00. The molecule has 0 spiro atoms. The molecule has 3 aliphatic rings. The van der Waals surface area contributed by atoms with Crippen molar-refractivity contribution >= 4 is 8.80 Å². The number of rotatable bonds is 0. The Morgan fingerprint density at radius 1 is 1.11 bits per heavy atom. The monoisotopic (exact) mass is 146 g/mol. The third-order valence-corrected chi connectivity index (χ3v) is 3.82. The molecule has 0 radical (unpaired) electrons. The van der Waals surface area contributed by atoms with Crippen LogP contribution in [0.15, 0.2) is 0 Å². The maximum Gasteiger partial charge on any atom is 0.497 e. The molecular weight excluding hydrogens is 136 g/mol. The standard InChI is InChI=1S/C5H10O3Si/c1-9-6-2-5(3-7-9)4-8-9/h5H,2-4H2,1H3. The molecule has 3 rings (SSSR count). The summed E-state index contributed by atoms with van der Waals surface area (Å²) in [7, 11) is -2.04. The summed E-state index contributed by atoms with van der Waals surface area (Å²) in [4.78, 5) is 0. The normalized spacial score (nSPS) is 49.7. The van der Waals surface area contributed by atoms with Crippen LogP contribution < -0.4 is 0 Å². The largest absolute Gasteiger partial charge is 0.497 e. The van der Waals surface area contributed by atoms with Crippen molar-refractivity contribution < 1.29 is 13.3 Å². The molecule has 0 amide bonds. The van der Waals surface area contributed by atoms with Gasteiger partial charge in [0.25, 0.3) is 0 Å². The van der Waals surface area contributed by atoms with Gasteiger partial charge in [0.1, 0.15) is 0 Å². The van der Waals surface area contributed by atoms with E-state index in [0.717, 1.165) is 19.8 Å². The summed E-state index contributed by atoms with van der Waals surface area (Å²) >= 11 is 0. The molecule has 3 fully saturated rings. The van der Waals surface area contributed by atoms with Crippen LogP contribution in [-0.2, 0) is 13.3 Å². The summed E-state index contributed by atoms with van der Waals surface area (Å²) in [6.07, 6.45) is 0. The minimum absolute atomic E-state index is 0.499. The molecule has 3 heterocycles. The highest BCUT2D eigenvalue weighted by Gasteiger charge is 2.45. The van der Waals surface area contributed by atoms with Crippen LogP contribution in [0.4, 0.5) is 0 Å². The first-order valence-electron chi connectivity index (χ1n) is 3.20. The van der Waals surface area contributed by atoms with Crippen molar-refractivity contribution in [1.29, 1.82) is 0 Å². The van der Waals surface area contributed by atoms with Gasteiger partial charge in [0.05, 0.1) is 0 Å². The average Bonchev–Trinajstić information content (AvgIpc) is 1.90. The third-order valence-electron chi connectivity index (χ3n) is 1.74. The molecule has 0 saturated carbocycles. The summed E-state index contributed by atoms with van der Waals surface area (Å²) < 4.78 is 16.1. The Labute approximate surface area is 55.3 Å². The Morgan fingerprint density at radius 2 is 1.56 bits per heavy atom. The highest BCUT2D eigenvalue weighted by molar-refractivity contribution is 6.59. The SMILES string of the molecule is C[Si]12OCC(CO1)CO2. The molecule has 4 heteroatoms. The van der Waals surface area contributed by atoms with Crippen molar-refractivity contribution in [3.63, 3.8) is 0 Å². The van der Waals surface area contributed by atoms with E-state index in [1.807, 2.05) is 6.55 Å². The molecule has 2 bridgehead atoms. The van der Waals surface area contributed by atoms with Gasteiger partial charge >= 0.3 is 8.80 Å². The highest BCUT2D eigenvalue weighted by Crippen LogP contribution is 2.25. The lowest BCUT2D eigenvalue weighted by Gasteiger charge is -2.40. The second-order valence-corrected chi connectivity index (χ2v) is 5.25. The van der Waals surface area contributed by atoms with Crippen LogP contribution in [0.3, 0.4) is 0 Å². The van der Waals surface area contributed by atoms with Gasteiger partial charge in [-0.15, -0.1) is 0 Å². The number of hydrogen-bond acceptors (Lipinski definition) is 3. The van der Waals surface area contributed by atoms with Gasteiger partial charge < -0.3 is 13.3 Å². The van der Waals surface area contributed by atoms with E-state index in [1.165, 1.54) is 0 Å². The van der Waals surface area contributed by atoms with Gasteiger partial charge in [0.2, 0.25) is 0 Å². The van der Waals surface area contributed by atoms with Gasteiger partial charge in [0.15, 0.2) is 0 Å². The Morgan fingerprint density at radius 3 is 1.78 bits per heavy atom. The predicted octanol–water partition coefficient (Wildman–Crippen LogP) is 0.248. The van der Waals surface area contributed by atoms with E-state index >= 15 is 0 Å². The van der Waals surface area contributed by atoms with E-state index in [0.29, 0.717) is 5.92 Å². The van der Waals surface area contributed by atoms with E-state index in [1.54, 1.807) is 0 Å². The summed E-state index contributed by atoms with van der Waals surface area (Å²) in [6.45, 7) is 4.50. The number of fused-ring (bicyclic) bond motifs is 3. The van der Waals surface area contributed by atoms with E-state index in [9.17, 15) is 0 Å². The smallest absolute Gasteiger partial charge is 0.373 e. The summed E-state index contributed by atoms with van der Waals surface area (Å²) in [6, 6.07) is 0. The third kappa shape index (κ3) is 0.919. The van der Waals surface area contributed by atoms with Crippen LogP contribution in [0, 0.1) is 5.92 Å². The maximum atomic E-state index is 5.36. The van der Waals surface area contributed by atoms with Crippen molar-refractivity contribution in [1.82, 2.24) is 0 Å². The minimum atomic E-state index is -2.04. The Balaban J connectivity index is 2.11. The zero-order chi connectivity index (χ0) is 6.32. The lowest BCUT2D eigenvalue weighted by Crippen LogP contribution is -2.56. The van der Waals surface area contributed by atoms with Crippen LogP contribution in [0.1, 0.15) is 0 Å². The van der Waals surface area contributed by atoms with Crippen LogP contribution in [0.5, 0.6) is 0 Å². The van der Waals surface area contributed by atoms with E-state index in [4.69, 9.17) is 13.3 Å². The van der Waals surface area contributed by atoms with Crippen LogP contribution in [0.25, 0.3) is 0 Å². The molecule has 0 aromatic rings. The molecule has 0 aromatic heterocycles. The molecule has 52 valence electrons. The van der Waals surface area contributed by atoms with Gasteiger partial charge in [-0.25, -0.2) is 0 Å². The lowest BCUT2D eigenvalue weighted by atomic mass is 10.2. The van der Waals surface area contributed by atoms with E-state index in [-0.39, 0.29) is 0 Å². The lowest BCUT2D eigenvalue weighted by molar-refractivity contribution is -0.0744. The molecule has 3 nitrogen and oxygen atoms in total. The summed E-state index contributed by atoms with van der Waals surface area (Å²) in [5, 5.41) is 0. The van der Waals surface area contributed by atoms with Crippen molar-refractivity contribution in [3.05, 3.63) is 0 Å². The molecule has 9 heavy (non-hydrogen) atoms. The zero-order valence-corrected chi connectivity index (χ0v) is 6.42. The average molecular weight is 146 g/mol. The minimum Gasteiger partial charge on any atom is -0.373 e. The maximum absolute atomic E-state index is 5.36. The molecule has 3 saturated heterocycles.